The Kier molecular flexibility index (Phi) is 5.33. The van der Waals surface area contributed by atoms with Crippen molar-refractivity contribution in [3.8, 4) is 0 Å². The molecule has 0 radical (unpaired) electrons. The summed E-state index contributed by atoms with van der Waals surface area (Å²) < 4.78 is 0. The minimum atomic E-state index is -0.509. The summed E-state index contributed by atoms with van der Waals surface area (Å²) >= 11 is 0. The van der Waals surface area contributed by atoms with Crippen molar-refractivity contribution < 1.29 is 14.4 Å². The van der Waals surface area contributed by atoms with E-state index >= 15 is 0 Å². The fourth-order valence-electron chi connectivity index (χ4n) is 3.55. The molecule has 6 heteroatoms. The number of rotatable bonds is 4. The van der Waals surface area contributed by atoms with E-state index in [0.717, 1.165) is 32.1 Å². The second kappa shape index (κ2) is 7.02. The normalized spacial score (nSPS) is 30.2. The van der Waals surface area contributed by atoms with Gasteiger partial charge in [-0.15, -0.1) is 0 Å². The van der Waals surface area contributed by atoms with Crippen LogP contribution in [0, 0.1) is 11.8 Å². The van der Waals surface area contributed by atoms with Gasteiger partial charge in [-0.05, 0) is 38.1 Å². The Hall–Kier alpha value is -1.43. The zero-order chi connectivity index (χ0) is 15.4. The maximum atomic E-state index is 12.7. The third kappa shape index (κ3) is 3.61. The van der Waals surface area contributed by atoms with Crippen LogP contribution in [0.3, 0.4) is 0 Å². The lowest BCUT2D eigenvalue weighted by molar-refractivity contribution is -0.153. The number of amides is 3. The molecule has 6 nitrogen and oxygen atoms in total. The first-order valence-corrected chi connectivity index (χ1v) is 7.91. The van der Waals surface area contributed by atoms with Gasteiger partial charge in [0.1, 0.15) is 12.6 Å². The molecule has 1 saturated carbocycles. The Labute approximate surface area is 125 Å². The molecular formula is C15H25N3O3. The zero-order valence-corrected chi connectivity index (χ0v) is 12.6. The van der Waals surface area contributed by atoms with Gasteiger partial charge >= 0.3 is 0 Å². The molecule has 1 saturated heterocycles. The molecule has 0 aromatic heterocycles. The Morgan fingerprint density at radius 3 is 2.81 bits per heavy atom. The summed E-state index contributed by atoms with van der Waals surface area (Å²) in [5.41, 5.74) is 5.61. The number of imide groups is 1. The van der Waals surface area contributed by atoms with Gasteiger partial charge in [0.05, 0.1) is 0 Å². The maximum Gasteiger partial charge on any atom is 0.249 e. The second-order valence-electron chi connectivity index (χ2n) is 6.11. The van der Waals surface area contributed by atoms with Crippen molar-refractivity contribution >= 4 is 17.7 Å². The van der Waals surface area contributed by atoms with Crippen LogP contribution in [0.4, 0.5) is 0 Å². The molecule has 0 spiro atoms. The highest BCUT2D eigenvalue weighted by Gasteiger charge is 2.39. The van der Waals surface area contributed by atoms with Crippen LogP contribution in [0.1, 0.15) is 45.4 Å². The molecule has 2 rings (SSSR count). The SMILES string of the molecule is CCC1C(=O)NC(=O)CN1C(=O)C1CCCC(CCN)C1. The van der Waals surface area contributed by atoms with Crippen molar-refractivity contribution in [2.45, 2.75) is 51.5 Å². The number of carbonyl (C=O) groups is 3. The Bertz CT molecular complexity index is 422. The van der Waals surface area contributed by atoms with E-state index in [9.17, 15) is 14.4 Å². The minimum Gasteiger partial charge on any atom is -0.330 e. The van der Waals surface area contributed by atoms with Crippen LogP contribution in [-0.2, 0) is 14.4 Å². The Balaban J connectivity index is 2.06. The number of hydrogen-bond acceptors (Lipinski definition) is 4. The van der Waals surface area contributed by atoms with Gasteiger partial charge < -0.3 is 10.6 Å². The predicted molar refractivity (Wildman–Crippen MR) is 78.1 cm³/mol. The first kappa shape index (κ1) is 15.9. The number of piperazine rings is 1. The summed E-state index contributed by atoms with van der Waals surface area (Å²) in [6.45, 7) is 2.51. The molecule has 1 aliphatic heterocycles. The van der Waals surface area contributed by atoms with Crippen LogP contribution in [0.15, 0.2) is 0 Å². The monoisotopic (exact) mass is 295 g/mol. The highest BCUT2D eigenvalue weighted by molar-refractivity contribution is 6.04. The molecule has 0 aromatic carbocycles. The summed E-state index contributed by atoms with van der Waals surface area (Å²) in [5.74, 6) is -0.342. The van der Waals surface area contributed by atoms with Gasteiger partial charge in [0, 0.05) is 5.92 Å². The summed E-state index contributed by atoms with van der Waals surface area (Å²) in [6, 6.07) is -0.509. The molecule has 1 heterocycles. The Morgan fingerprint density at radius 2 is 2.14 bits per heavy atom. The van der Waals surface area contributed by atoms with E-state index in [1.165, 1.54) is 4.90 Å². The molecule has 118 valence electrons. The second-order valence-corrected chi connectivity index (χ2v) is 6.11. The van der Waals surface area contributed by atoms with Gasteiger partial charge in [-0.1, -0.05) is 19.8 Å². The van der Waals surface area contributed by atoms with Crippen molar-refractivity contribution in [3.05, 3.63) is 0 Å². The lowest BCUT2D eigenvalue weighted by Gasteiger charge is -2.37. The maximum absolute atomic E-state index is 12.7. The van der Waals surface area contributed by atoms with Gasteiger partial charge in [-0.3, -0.25) is 19.7 Å². The first-order chi connectivity index (χ1) is 10.1. The highest BCUT2D eigenvalue weighted by atomic mass is 16.2. The lowest BCUT2D eigenvalue weighted by atomic mass is 9.79. The lowest BCUT2D eigenvalue weighted by Crippen LogP contribution is -2.60. The average Bonchev–Trinajstić information content (AvgIpc) is 2.46. The molecule has 3 unspecified atom stereocenters. The summed E-state index contributed by atoms with van der Waals surface area (Å²) in [5, 5.41) is 2.31. The van der Waals surface area contributed by atoms with Crippen LogP contribution in [0.25, 0.3) is 0 Å². The smallest absolute Gasteiger partial charge is 0.249 e. The highest BCUT2D eigenvalue weighted by Crippen LogP contribution is 2.32. The predicted octanol–water partition coefficient (Wildman–Crippen LogP) is 0.405. The first-order valence-electron chi connectivity index (χ1n) is 7.91. The van der Waals surface area contributed by atoms with Gasteiger partial charge in [-0.2, -0.15) is 0 Å². The summed E-state index contributed by atoms with van der Waals surface area (Å²) in [7, 11) is 0. The van der Waals surface area contributed by atoms with Crippen molar-refractivity contribution in [2.75, 3.05) is 13.1 Å². The number of hydrogen-bond donors (Lipinski definition) is 2. The summed E-state index contributed by atoms with van der Waals surface area (Å²) in [6.07, 6.45) is 5.30. The van der Waals surface area contributed by atoms with E-state index in [2.05, 4.69) is 5.32 Å². The van der Waals surface area contributed by atoms with Gasteiger partial charge in [-0.25, -0.2) is 0 Å². The fourth-order valence-corrected chi connectivity index (χ4v) is 3.55. The van der Waals surface area contributed by atoms with E-state index in [-0.39, 0.29) is 30.2 Å². The van der Waals surface area contributed by atoms with Crippen molar-refractivity contribution in [2.24, 2.45) is 17.6 Å². The third-order valence-electron chi connectivity index (χ3n) is 4.63. The quantitative estimate of drug-likeness (QED) is 0.735. The molecule has 21 heavy (non-hydrogen) atoms. The molecule has 1 aliphatic carbocycles. The van der Waals surface area contributed by atoms with E-state index < -0.39 is 6.04 Å². The molecule has 3 N–H and O–H groups in total. The summed E-state index contributed by atoms with van der Waals surface area (Å²) in [4.78, 5) is 37.6. The van der Waals surface area contributed by atoms with Crippen LogP contribution >= 0.6 is 0 Å². The van der Waals surface area contributed by atoms with Crippen molar-refractivity contribution in [1.29, 1.82) is 0 Å². The molecule has 3 amide bonds. The molecule has 2 fully saturated rings. The molecule has 2 aliphatic rings. The number of nitrogens with one attached hydrogen (secondary N) is 1. The van der Waals surface area contributed by atoms with E-state index in [0.29, 0.717) is 18.9 Å². The van der Waals surface area contributed by atoms with Gasteiger partial charge in [0.25, 0.3) is 0 Å². The number of carbonyl (C=O) groups excluding carboxylic acids is 3. The zero-order valence-electron chi connectivity index (χ0n) is 12.6. The van der Waals surface area contributed by atoms with E-state index in [1.54, 1.807) is 0 Å². The van der Waals surface area contributed by atoms with Crippen molar-refractivity contribution in [1.82, 2.24) is 10.2 Å². The molecule has 0 aromatic rings. The van der Waals surface area contributed by atoms with E-state index in [1.807, 2.05) is 6.92 Å². The van der Waals surface area contributed by atoms with Crippen LogP contribution in [0.2, 0.25) is 0 Å². The van der Waals surface area contributed by atoms with Gasteiger partial charge in [0.15, 0.2) is 0 Å². The van der Waals surface area contributed by atoms with Crippen LogP contribution < -0.4 is 11.1 Å². The number of nitrogens with zero attached hydrogens (tertiary/aromatic N) is 1. The van der Waals surface area contributed by atoms with Gasteiger partial charge in [0.2, 0.25) is 17.7 Å². The van der Waals surface area contributed by atoms with Crippen LogP contribution in [0.5, 0.6) is 0 Å². The molecular weight excluding hydrogens is 270 g/mol. The standard InChI is InChI=1S/C15H25N3O3/c1-2-12-14(20)17-13(19)9-18(12)15(21)11-5-3-4-10(8-11)6-7-16/h10-12H,2-9,16H2,1H3,(H,17,19,20). The fraction of sp³-hybridized carbons (Fsp3) is 0.800. The van der Waals surface area contributed by atoms with E-state index in [4.69, 9.17) is 5.73 Å². The molecule has 3 atom stereocenters. The van der Waals surface area contributed by atoms with Crippen LogP contribution in [-0.4, -0.2) is 41.8 Å². The minimum absolute atomic E-state index is 0.00113. The average molecular weight is 295 g/mol. The largest absolute Gasteiger partial charge is 0.330 e. The Morgan fingerprint density at radius 1 is 1.38 bits per heavy atom. The molecule has 0 bridgehead atoms. The number of nitrogens with two attached hydrogens (primary N) is 1. The topological polar surface area (TPSA) is 92.5 Å². The third-order valence-corrected chi connectivity index (χ3v) is 4.63. The van der Waals surface area contributed by atoms with Crippen molar-refractivity contribution in [3.63, 3.8) is 0 Å².